The fraction of sp³-hybridized carbons (Fsp3) is 0.760. The molecule has 0 atom stereocenters. The molecule has 17 heteroatoms. The van der Waals surface area contributed by atoms with Gasteiger partial charge in [0.25, 0.3) is 0 Å². The summed E-state index contributed by atoms with van der Waals surface area (Å²) in [4.78, 5) is 50.6. The van der Waals surface area contributed by atoms with Crippen LogP contribution in [0.3, 0.4) is 0 Å². The predicted octanol–water partition coefficient (Wildman–Crippen LogP) is 30.3. The molecule has 0 heterocycles. The molecule has 0 amide bonds. The van der Waals surface area contributed by atoms with Crippen molar-refractivity contribution in [2.45, 2.75) is 474 Å². The maximum Gasteiger partial charge on any atom is 2.00 e. The van der Waals surface area contributed by atoms with Crippen LogP contribution in [0.5, 0.6) is 0 Å². The van der Waals surface area contributed by atoms with E-state index in [4.69, 9.17) is 18.9 Å². The molecule has 0 saturated carbocycles. The van der Waals surface area contributed by atoms with Crippen molar-refractivity contribution < 1.29 is 64.1 Å². The zero-order chi connectivity index (χ0) is 84.4. The van der Waals surface area contributed by atoms with Gasteiger partial charge in [-0.1, -0.05) is 385 Å². The summed E-state index contributed by atoms with van der Waals surface area (Å²) in [5, 5.41) is 0. The molecule has 0 aliphatic rings. The van der Waals surface area contributed by atoms with E-state index in [1.165, 1.54) is 283 Å². The first kappa shape index (κ1) is 113. The molecule has 2 aromatic carbocycles. The van der Waals surface area contributed by atoms with Gasteiger partial charge in [0.15, 0.2) is 0 Å². The van der Waals surface area contributed by atoms with Gasteiger partial charge in [-0.2, -0.15) is 0 Å². The average molecular weight is 1700 g/mol. The Morgan fingerprint density at radius 2 is 0.376 bits per heavy atom. The van der Waals surface area contributed by atoms with Gasteiger partial charge in [0.2, 0.25) is 0 Å². The van der Waals surface area contributed by atoms with Crippen molar-refractivity contribution in [3.8, 4) is 0 Å². The molecule has 2 aromatic rings. The van der Waals surface area contributed by atoms with Crippen LogP contribution in [0.1, 0.15) is 506 Å². The van der Waals surface area contributed by atoms with Crippen molar-refractivity contribution in [2.24, 2.45) is 0 Å². The number of esters is 4. The quantitative estimate of drug-likeness (QED) is 0.0150. The van der Waals surface area contributed by atoms with Gasteiger partial charge < -0.3 is 28.1 Å². The molecule has 0 spiro atoms. The standard InChI is InChI=1S/2C50H86O7S.Ca/c2*1-3-5-7-9-11-13-15-17-19-21-23-25-27-29-31-33-35-37-39-43-56-49(51)47-42-41-46(58(53,54)55)45-48(47)50(52)57-44-40-38-36-34-32-30-28-26-24-22-20-18-16-14-12-10-8-6-4-2;/h2*27-30,41-42,45H,3-26,31-40,43-44H2,1-2H3,(H,53,54,55);/q;;+2/p-2/b2*29-27+,30-28+;. The number of ether oxygens (including phenoxy) is 4. The van der Waals surface area contributed by atoms with E-state index in [1.54, 1.807) is 0 Å². The average Bonchev–Trinajstić information content (AvgIpc) is 0.814. The fourth-order valence-corrected chi connectivity index (χ4v) is 15.5. The number of carbonyl (C=O) groups excluding carboxylic acids is 4. The largest absolute Gasteiger partial charge is 2.00 e. The van der Waals surface area contributed by atoms with E-state index in [9.17, 15) is 45.1 Å². The van der Waals surface area contributed by atoms with E-state index in [0.29, 0.717) is 25.7 Å². The second-order valence-corrected chi connectivity index (χ2v) is 35.6. The molecule has 0 radical (unpaired) electrons. The molecule has 0 aliphatic carbocycles. The van der Waals surface area contributed by atoms with E-state index in [2.05, 4.69) is 76.3 Å². The van der Waals surface area contributed by atoms with Crippen LogP contribution in [0.2, 0.25) is 0 Å². The SMILES string of the molecule is CCCCCCCCCCCCC/C=C/CCCCCCOC(=O)c1ccc(S(=O)(=O)[O-])cc1C(=O)OCCCCCC/C=C/CCCCCCCCCCCCC.CCCCCCCCCCCCC/C=C/CCCCCCOC(=O)c1ccc(S(=O)(=O)[O-])cc1C(=O)OCCCCCC/C=C/CCCCCCCCCCCCC.[Ca+2]. The predicted molar refractivity (Wildman–Crippen MR) is 489 cm³/mol. The Balaban J connectivity index is 0.00000228. The molecule has 0 aromatic heterocycles. The van der Waals surface area contributed by atoms with Crippen LogP contribution >= 0.6 is 0 Å². The summed E-state index contributed by atoms with van der Waals surface area (Å²) < 4.78 is 91.7. The molecular formula is C100H170CaO14S2. The number of carbonyl (C=O) groups is 4. The molecular weight excluding hydrogens is 1530 g/mol. The third-order valence-corrected chi connectivity index (χ3v) is 23.7. The Hall–Kier alpha value is -3.64. The van der Waals surface area contributed by atoms with Gasteiger partial charge in [-0.15, -0.1) is 0 Å². The van der Waals surface area contributed by atoms with Crippen molar-refractivity contribution in [3.63, 3.8) is 0 Å². The summed E-state index contributed by atoms with van der Waals surface area (Å²) in [6.45, 7) is 9.74. The minimum Gasteiger partial charge on any atom is -0.744 e. The van der Waals surface area contributed by atoms with Crippen LogP contribution in [0.15, 0.2) is 94.8 Å². The molecule has 2 rings (SSSR count). The van der Waals surface area contributed by atoms with E-state index < -0.39 is 53.9 Å². The molecule has 0 bridgehead atoms. The van der Waals surface area contributed by atoms with Gasteiger partial charge in [-0.25, -0.2) is 36.0 Å². The number of benzene rings is 2. The summed E-state index contributed by atoms with van der Waals surface area (Å²) in [7, 11) is -9.65. The van der Waals surface area contributed by atoms with Crippen LogP contribution in [0.4, 0.5) is 0 Å². The first-order valence-corrected chi connectivity index (χ1v) is 50.9. The minimum atomic E-state index is -4.82. The molecule has 668 valence electrons. The number of hydrogen-bond acceptors (Lipinski definition) is 14. The van der Waals surface area contributed by atoms with Gasteiger partial charge in [0.05, 0.1) is 58.5 Å². The van der Waals surface area contributed by atoms with E-state index >= 15 is 0 Å². The number of rotatable bonds is 82. The van der Waals surface area contributed by atoms with Gasteiger partial charge >= 0.3 is 61.6 Å². The van der Waals surface area contributed by atoms with Crippen LogP contribution in [0, 0.1) is 0 Å². The molecule has 0 aliphatic heterocycles. The molecule has 117 heavy (non-hydrogen) atoms. The Morgan fingerprint density at radius 1 is 0.231 bits per heavy atom. The van der Waals surface area contributed by atoms with Crippen LogP contribution in [-0.4, -0.2) is 114 Å². The second-order valence-electron chi connectivity index (χ2n) is 32.9. The monoisotopic (exact) mass is 1700 g/mol. The summed E-state index contributed by atoms with van der Waals surface area (Å²) in [5.41, 5.74) is -0.713. The molecule has 0 fully saturated rings. The van der Waals surface area contributed by atoms with Crippen molar-refractivity contribution in [1.29, 1.82) is 0 Å². The van der Waals surface area contributed by atoms with Crippen molar-refractivity contribution >= 4 is 81.9 Å². The summed E-state index contributed by atoms with van der Waals surface area (Å²) in [6, 6.07) is 6.25. The molecule has 0 saturated heterocycles. The number of hydrogen-bond donors (Lipinski definition) is 0. The first-order valence-electron chi connectivity index (χ1n) is 48.1. The third kappa shape index (κ3) is 71.5. The number of unbranched alkanes of at least 4 members (excludes halogenated alkanes) is 60. The normalized spacial score (nSPS) is 11.8. The first-order chi connectivity index (χ1) is 56.6. The van der Waals surface area contributed by atoms with Gasteiger partial charge in [0.1, 0.15) is 20.2 Å². The minimum absolute atomic E-state index is 0. The molecule has 0 N–H and O–H groups in total. The van der Waals surface area contributed by atoms with Crippen LogP contribution in [0.25, 0.3) is 0 Å². The topological polar surface area (TPSA) is 220 Å². The van der Waals surface area contributed by atoms with Gasteiger partial charge in [-0.05, 0) is 165 Å². The smallest absolute Gasteiger partial charge is 0.744 e. The van der Waals surface area contributed by atoms with Crippen LogP contribution < -0.4 is 0 Å². The zero-order valence-corrected chi connectivity index (χ0v) is 79.1. The Labute approximate surface area is 747 Å². The van der Waals surface area contributed by atoms with Crippen LogP contribution in [-0.2, 0) is 39.2 Å². The maximum absolute atomic E-state index is 13.0. The van der Waals surface area contributed by atoms with Crippen molar-refractivity contribution in [1.82, 2.24) is 0 Å². The Kier molecular flexibility index (Phi) is 81.9. The van der Waals surface area contributed by atoms with E-state index in [0.717, 1.165) is 165 Å². The van der Waals surface area contributed by atoms with Crippen molar-refractivity contribution in [2.75, 3.05) is 26.4 Å². The Bertz CT molecular complexity index is 2810. The van der Waals surface area contributed by atoms with E-state index in [-0.39, 0.29) is 86.4 Å². The summed E-state index contributed by atoms with van der Waals surface area (Å²) in [5.74, 6) is -3.13. The third-order valence-electron chi connectivity index (χ3n) is 22.0. The Morgan fingerprint density at radius 3 is 0.538 bits per heavy atom. The fourth-order valence-electron chi connectivity index (χ4n) is 14.5. The second kappa shape index (κ2) is 84.6. The molecule has 14 nitrogen and oxygen atoms in total. The summed E-state index contributed by atoms with van der Waals surface area (Å²) >= 11 is 0. The van der Waals surface area contributed by atoms with Crippen molar-refractivity contribution in [3.05, 3.63) is 107 Å². The van der Waals surface area contributed by atoms with Gasteiger partial charge in [0, 0.05) is 0 Å². The zero-order valence-electron chi connectivity index (χ0n) is 75.2. The summed E-state index contributed by atoms with van der Waals surface area (Å²) in [6.07, 6.45) is 102. The molecule has 0 unspecified atom stereocenters. The maximum atomic E-state index is 13.0. The van der Waals surface area contributed by atoms with Gasteiger partial charge in [-0.3, -0.25) is 0 Å². The number of allylic oxidation sites excluding steroid dienone is 8. The van der Waals surface area contributed by atoms with E-state index in [1.807, 2.05) is 0 Å².